The van der Waals surface area contributed by atoms with Gasteiger partial charge in [0.2, 0.25) is 0 Å². The van der Waals surface area contributed by atoms with E-state index in [1.807, 2.05) is 6.07 Å². The van der Waals surface area contributed by atoms with Gasteiger partial charge in [0.05, 0.1) is 12.6 Å². The third kappa shape index (κ3) is 1.58. The standard InChI is InChI=1S/C14H15NOS/c1-16-11-5-4-10-6-7-14(15,12(10)9-11)13-3-2-8-17-13/h2-5,8-9H,6-7,15H2,1H3. The fourth-order valence-corrected chi connectivity index (χ4v) is 3.45. The maximum Gasteiger partial charge on any atom is 0.119 e. The highest BCUT2D eigenvalue weighted by molar-refractivity contribution is 7.10. The molecular formula is C14H15NOS. The lowest BCUT2D eigenvalue weighted by Crippen LogP contribution is -2.34. The van der Waals surface area contributed by atoms with Gasteiger partial charge in [0, 0.05) is 4.88 Å². The Hall–Kier alpha value is -1.32. The zero-order valence-corrected chi connectivity index (χ0v) is 10.6. The molecule has 1 atom stereocenters. The van der Waals surface area contributed by atoms with E-state index in [-0.39, 0.29) is 5.54 Å². The van der Waals surface area contributed by atoms with Crippen LogP contribution in [-0.2, 0) is 12.0 Å². The Bertz CT molecular complexity index is 535. The van der Waals surface area contributed by atoms with Gasteiger partial charge in [-0.05, 0) is 47.5 Å². The van der Waals surface area contributed by atoms with Gasteiger partial charge in [0.1, 0.15) is 5.75 Å². The minimum Gasteiger partial charge on any atom is -0.497 e. The molecule has 0 aliphatic heterocycles. The molecule has 1 heterocycles. The second kappa shape index (κ2) is 3.86. The maximum atomic E-state index is 6.61. The molecule has 2 aromatic rings. The molecule has 2 nitrogen and oxygen atoms in total. The first-order valence-corrected chi connectivity index (χ1v) is 6.62. The van der Waals surface area contributed by atoms with Crippen LogP contribution in [0.5, 0.6) is 5.75 Å². The molecule has 1 aromatic carbocycles. The average Bonchev–Trinajstić information content (AvgIpc) is 2.98. The maximum absolute atomic E-state index is 6.61. The van der Waals surface area contributed by atoms with Crippen molar-refractivity contribution >= 4 is 11.3 Å². The summed E-state index contributed by atoms with van der Waals surface area (Å²) in [5.41, 5.74) is 8.86. The summed E-state index contributed by atoms with van der Waals surface area (Å²) >= 11 is 1.73. The molecule has 0 spiro atoms. The van der Waals surface area contributed by atoms with Crippen LogP contribution < -0.4 is 10.5 Å². The Morgan fingerprint density at radius 1 is 1.35 bits per heavy atom. The van der Waals surface area contributed by atoms with Gasteiger partial charge in [-0.1, -0.05) is 12.1 Å². The number of thiophene rings is 1. The molecule has 0 saturated heterocycles. The van der Waals surface area contributed by atoms with E-state index in [0.29, 0.717) is 0 Å². The highest BCUT2D eigenvalue weighted by Crippen LogP contribution is 2.42. The third-order valence-electron chi connectivity index (χ3n) is 3.55. The van der Waals surface area contributed by atoms with Crippen molar-refractivity contribution in [2.75, 3.05) is 7.11 Å². The zero-order valence-electron chi connectivity index (χ0n) is 9.77. The molecule has 0 fully saturated rings. The molecule has 1 unspecified atom stereocenters. The zero-order chi connectivity index (χ0) is 11.9. The lowest BCUT2D eigenvalue weighted by molar-refractivity contribution is 0.413. The Labute approximate surface area is 105 Å². The molecule has 3 heteroatoms. The van der Waals surface area contributed by atoms with Gasteiger partial charge < -0.3 is 10.5 Å². The molecule has 17 heavy (non-hydrogen) atoms. The van der Waals surface area contributed by atoms with Crippen molar-refractivity contribution in [3.05, 3.63) is 51.7 Å². The summed E-state index contributed by atoms with van der Waals surface area (Å²) in [5.74, 6) is 0.886. The lowest BCUT2D eigenvalue weighted by Gasteiger charge is -2.24. The molecule has 88 valence electrons. The van der Waals surface area contributed by atoms with Crippen LogP contribution in [0, 0.1) is 0 Å². The van der Waals surface area contributed by atoms with E-state index in [1.54, 1.807) is 18.4 Å². The van der Waals surface area contributed by atoms with Gasteiger partial charge in [0.15, 0.2) is 0 Å². The number of benzene rings is 1. The van der Waals surface area contributed by atoms with Crippen molar-refractivity contribution in [1.82, 2.24) is 0 Å². The van der Waals surface area contributed by atoms with Gasteiger partial charge in [0.25, 0.3) is 0 Å². The fourth-order valence-electron chi connectivity index (χ4n) is 2.57. The Morgan fingerprint density at radius 2 is 2.24 bits per heavy atom. The number of hydrogen-bond donors (Lipinski definition) is 1. The first-order valence-electron chi connectivity index (χ1n) is 5.74. The van der Waals surface area contributed by atoms with Crippen LogP contribution in [0.4, 0.5) is 0 Å². The summed E-state index contributed by atoms with van der Waals surface area (Å²) in [4.78, 5) is 1.24. The second-order valence-electron chi connectivity index (χ2n) is 4.47. The van der Waals surface area contributed by atoms with Crippen LogP contribution in [0.3, 0.4) is 0 Å². The van der Waals surface area contributed by atoms with Crippen molar-refractivity contribution in [2.24, 2.45) is 5.73 Å². The van der Waals surface area contributed by atoms with E-state index >= 15 is 0 Å². The van der Waals surface area contributed by atoms with Crippen molar-refractivity contribution in [1.29, 1.82) is 0 Å². The Balaban J connectivity index is 2.14. The first kappa shape index (κ1) is 10.8. The highest BCUT2D eigenvalue weighted by Gasteiger charge is 2.37. The van der Waals surface area contributed by atoms with Crippen molar-refractivity contribution in [3.8, 4) is 5.75 Å². The molecule has 0 saturated carbocycles. The molecule has 3 rings (SSSR count). The topological polar surface area (TPSA) is 35.2 Å². The number of fused-ring (bicyclic) bond motifs is 1. The summed E-state index contributed by atoms with van der Waals surface area (Å²) in [6.07, 6.45) is 2.03. The Morgan fingerprint density at radius 3 is 2.94 bits per heavy atom. The predicted octanol–water partition coefficient (Wildman–Crippen LogP) is 2.91. The van der Waals surface area contributed by atoms with Gasteiger partial charge in [-0.15, -0.1) is 11.3 Å². The minimum atomic E-state index is -0.321. The number of aryl methyl sites for hydroxylation is 1. The summed E-state index contributed by atoms with van der Waals surface area (Å²) in [7, 11) is 1.69. The van der Waals surface area contributed by atoms with Crippen LogP contribution in [0.25, 0.3) is 0 Å². The number of methoxy groups -OCH3 is 1. The molecule has 1 aliphatic rings. The minimum absolute atomic E-state index is 0.321. The van der Waals surface area contributed by atoms with Crippen LogP contribution in [0.2, 0.25) is 0 Å². The van der Waals surface area contributed by atoms with Crippen LogP contribution >= 0.6 is 11.3 Å². The van der Waals surface area contributed by atoms with E-state index in [4.69, 9.17) is 10.5 Å². The molecule has 0 radical (unpaired) electrons. The van der Waals surface area contributed by atoms with Crippen LogP contribution in [-0.4, -0.2) is 7.11 Å². The van der Waals surface area contributed by atoms with Crippen LogP contribution in [0.1, 0.15) is 22.4 Å². The molecule has 2 N–H and O–H groups in total. The summed E-state index contributed by atoms with van der Waals surface area (Å²) in [6.45, 7) is 0. The summed E-state index contributed by atoms with van der Waals surface area (Å²) < 4.78 is 5.30. The average molecular weight is 245 g/mol. The van der Waals surface area contributed by atoms with Crippen LogP contribution in [0.15, 0.2) is 35.7 Å². The monoisotopic (exact) mass is 245 g/mol. The van der Waals surface area contributed by atoms with E-state index in [9.17, 15) is 0 Å². The van der Waals surface area contributed by atoms with Crippen molar-refractivity contribution in [3.63, 3.8) is 0 Å². The molecule has 0 bridgehead atoms. The van der Waals surface area contributed by atoms with E-state index in [2.05, 4.69) is 29.6 Å². The molecular weight excluding hydrogens is 230 g/mol. The van der Waals surface area contributed by atoms with Crippen molar-refractivity contribution in [2.45, 2.75) is 18.4 Å². The number of hydrogen-bond acceptors (Lipinski definition) is 3. The van der Waals surface area contributed by atoms with E-state index in [0.717, 1.165) is 18.6 Å². The smallest absolute Gasteiger partial charge is 0.119 e. The fraction of sp³-hybridized carbons (Fsp3) is 0.286. The normalized spacial score (nSPS) is 22.5. The van der Waals surface area contributed by atoms with E-state index in [1.165, 1.54) is 16.0 Å². The predicted molar refractivity (Wildman–Crippen MR) is 70.6 cm³/mol. The molecule has 0 amide bonds. The molecule has 1 aliphatic carbocycles. The molecule has 1 aromatic heterocycles. The highest BCUT2D eigenvalue weighted by atomic mass is 32.1. The second-order valence-corrected chi connectivity index (χ2v) is 5.42. The quantitative estimate of drug-likeness (QED) is 0.883. The number of rotatable bonds is 2. The number of ether oxygens (including phenoxy) is 1. The Kier molecular flexibility index (Phi) is 2.45. The van der Waals surface area contributed by atoms with Crippen molar-refractivity contribution < 1.29 is 4.74 Å². The largest absolute Gasteiger partial charge is 0.497 e. The van der Waals surface area contributed by atoms with Gasteiger partial charge >= 0.3 is 0 Å². The SMILES string of the molecule is COc1ccc2c(c1)C(N)(c1cccs1)CC2. The third-order valence-corrected chi connectivity index (χ3v) is 4.59. The summed E-state index contributed by atoms with van der Waals surface area (Å²) in [6, 6.07) is 10.4. The summed E-state index contributed by atoms with van der Waals surface area (Å²) in [5, 5.41) is 2.09. The van der Waals surface area contributed by atoms with Gasteiger partial charge in [-0.3, -0.25) is 0 Å². The van der Waals surface area contributed by atoms with E-state index < -0.39 is 0 Å². The first-order chi connectivity index (χ1) is 8.24. The lowest BCUT2D eigenvalue weighted by atomic mass is 9.91. The van der Waals surface area contributed by atoms with Gasteiger partial charge in [-0.25, -0.2) is 0 Å². The number of nitrogens with two attached hydrogens (primary N) is 1. The van der Waals surface area contributed by atoms with Gasteiger partial charge in [-0.2, -0.15) is 0 Å².